The van der Waals surface area contributed by atoms with Gasteiger partial charge < -0.3 is 8.98 Å². The third-order valence-corrected chi connectivity index (χ3v) is 10.1. The van der Waals surface area contributed by atoms with Gasteiger partial charge in [-0.25, -0.2) is 15.0 Å². The van der Waals surface area contributed by atoms with Crippen LogP contribution in [0.15, 0.2) is 198 Å². The van der Waals surface area contributed by atoms with Gasteiger partial charge in [-0.2, -0.15) is 0 Å². The van der Waals surface area contributed by atoms with Crippen molar-refractivity contribution in [1.29, 1.82) is 0 Å². The van der Waals surface area contributed by atoms with Gasteiger partial charge in [0.1, 0.15) is 11.2 Å². The molecule has 0 aliphatic rings. The Kier molecular flexibility index (Phi) is 5.74. The monoisotopic (exact) mass is 724 g/mol. The molecule has 262 valence electrons. The van der Waals surface area contributed by atoms with Crippen molar-refractivity contribution < 1.29 is 15.4 Å². The number of aromatic nitrogens is 4. The third-order valence-electron chi connectivity index (χ3n) is 10.1. The maximum atomic E-state index is 9.26. The molecule has 11 rings (SSSR count). The molecule has 0 radical (unpaired) electrons. The average molecular weight is 725 g/mol. The zero-order valence-corrected chi connectivity index (χ0v) is 29.6. The number of hydrogen-bond acceptors (Lipinski definition) is 4. The largest absolute Gasteiger partial charge is 0.455 e. The number of rotatable bonds is 6. The highest BCUT2D eigenvalue weighted by molar-refractivity contribution is 6.11. The molecule has 0 saturated heterocycles. The molecule has 0 saturated carbocycles. The minimum atomic E-state index is -0.518. The van der Waals surface area contributed by atoms with Crippen LogP contribution in [-0.4, -0.2) is 19.5 Å². The number of furan rings is 1. The molecular weight excluding hydrogens is 685 g/mol. The smallest absolute Gasteiger partial charge is 0.166 e. The number of fused-ring (bicyclic) bond motifs is 6. The molecule has 0 aliphatic heterocycles. The third kappa shape index (κ3) is 5.29. The predicted octanol–water partition coefficient (Wildman–Crippen LogP) is 13.2. The summed E-state index contributed by atoms with van der Waals surface area (Å²) in [5, 5.41) is 1.80. The van der Waals surface area contributed by atoms with Crippen molar-refractivity contribution in [3.63, 3.8) is 0 Å². The second-order valence-electron chi connectivity index (χ2n) is 13.4. The molecule has 56 heavy (non-hydrogen) atoms. The van der Waals surface area contributed by atoms with Gasteiger partial charge in [0.25, 0.3) is 0 Å². The molecule has 3 heterocycles. The Morgan fingerprint density at radius 1 is 0.411 bits per heavy atom. The summed E-state index contributed by atoms with van der Waals surface area (Å²) in [5.41, 5.74) is 7.25. The van der Waals surface area contributed by atoms with Crippen LogP contribution in [0.25, 0.3) is 106 Å². The van der Waals surface area contributed by atoms with Gasteiger partial charge in [-0.05, 0) is 53.0 Å². The van der Waals surface area contributed by atoms with E-state index in [9.17, 15) is 2.74 Å². The first kappa shape index (κ1) is 24.6. The fourth-order valence-electron chi connectivity index (χ4n) is 7.50. The normalized spacial score (nSPS) is 13.6. The number of nitrogens with zero attached hydrogens (tertiary/aromatic N) is 4. The number of para-hydroxylation sites is 3. The second kappa shape index (κ2) is 13.0. The molecule has 0 amide bonds. The van der Waals surface area contributed by atoms with E-state index >= 15 is 0 Å². The van der Waals surface area contributed by atoms with Gasteiger partial charge in [0.15, 0.2) is 17.5 Å². The van der Waals surface area contributed by atoms with Gasteiger partial charge in [0.05, 0.1) is 27.7 Å². The van der Waals surface area contributed by atoms with Crippen molar-refractivity contribution in [2.24, 2.45) is 0 Å². The zero-order valence-electron chi connectivity index (χ0n) is 37.6. The molecule has 3 aromatic heterocycles. The Labute approximate surface area is 334 Å². The minimum Gasteiger partial charge on any atom is -0.455 e. The first-order valence-electron chi connectivity index (χ1n) is 22.1. The van der Waals surface area contributed by atoms with Gasteiger partial charge in [-0.1, -0.05) is 158 Å². The zero-order chi connectivity index (χ0) is 44.0. The van der Waals surface area contributed by atoms with Crippen LogP contribution in [0.1, 0.15) is 11.0 Å². The van der Waals surface area contributed by atoms with E-state index in [-0.39, 0.29) is 27.6 Å². The lowest BCUT2D eigenvalue weighted by molar-refractivity contribution is 0.670. The van der Waals surface area contributed by atoms with Gasteiger partial charge in [-0.15, -0.1) is 0 Å². The van der Waals surface area contributed by atoms with E-state index < -0.39 is 48.3 Å². The Hall–Kier alpha value is -7.63. The SMILES string of the molecule is [2H]c1c([2H])c([2H])c2c(c1[2H])c1c([2H])c([2H])c([2H])c([2H])c1n2-c1ccc(-c2ccc3oc4c(-c5ccccc5)cccc4c3c2)cc1-c1nc(-c2ccccc2)nc(-c2ccccc2)n1. The number of benzene rings is 8. The van der Waals surface area contributed by atoms with Crippen LogP contribution in [0.4, 0.5) is 0 Å². The van der Waals surface area contributed by atoms with Crippen molar-refractivity contribution in [2.45, 2.75) is 0 Å². The highest BCUT2D eigenvalue weighted by atomic mass is 16.3. The van der Waals surface area contributed by atoms with E-state index in [1.54, 1.807) is 6.07 Å². The topological polar surface area (TPSA) is 56.7 Å². The standard InChI is InChI=1S/C51H32N4O/c1-4-15-33(16-5-1)38-23-14-24-41-42-31-37(28-30-47(42)56-48(38)41)36-27-29-46(55-44-25-12-10-21-39(44)40-22-11-13-26-45(40)55)43(32-36)51-53-49(34-17-6-2-7-18-34)52-50(54-51)35-19-8-3-9-20-35/h1-32H/i10D,11D,12D,13D,21D,22D,25D,26D. The molecule has 0 fully saturated rings. The highest BCUT2D eigenvalue weighted by Crippen LogP contribution is 2.41. The van der Waals surface area contributed by atoms with Crippen LogP contribution in [0, 0.1) is 0 Å². The summed E-state index contributed by atoms with van der Waals surface area (Å²) in [6, 6.07) is 43.0. The van der Waals surface area contributed by atoms with Gasteiger partial charge in [-0.3, -0.25) is 0 Å². The van der Waals surface area contributed by atoms with E-state index in [1.807, 2.05) is 121 Å². The summed E-state index contributed by atoms with van der Waals surface area (Å²) in [6.45, 7) is 0. The van der Waals surface area contributed by atoms with Gasteiger partial charge in [0.2, 0.25) is 0 Å². The predicted molar refractivity (Wildman–Crippen MR) is 229 cm³/mol. The lowest BCUT2D eigenvalue weighted by Crippen LogP contribution is -2.04. The first-order chi connectivity index (χ1) is 31.1. The maximum Gasteiger partial charge on any atom is 0.166 e. The van der Waals surface area contributed by atoms with Crippen LogP contribution >= 0.6 is 0 Å². The van der Waals surface area contributed by atoms with Crippen molar-refractivity contribution in [1.82, 2.24) is 19.5 Å². The summed E-state index contributed by atoms with van der Waals surface area (Å²) in [7, 11) is 0. The van der Waals surface area contributed by atoms with Crippen LogP contribution in [0.2, 0.25) is 0 Å². The molecule has 8 aromatic carbocycles. The molecule has 0 aliphatic carbocycles. The summed E-state index contributed by atoms with van der Waals surface area (Å²) < 4.78 is 79.4. The van der Waals surface area contributed by atoms with Crippen molar-refractivity contribution >= 4 is 43.7 Å². The Bertz CT molecular complexity index is 3570. The van der Waals surface area contributed by atoms with Crippen LogP contribution < -0.4 is 0 Å². The lowest BCUT2D eigenvalue weighted by atomic mass is 9.98. The minimum absolute atomic E-state index is 0.0110. The molecule has 0 N–H and O–H groups in total. The number of hydrogen-bond donors (Lipinski definition) is 0. The van der Waals surface area contributed by atoms with E-state index in [0.29, 0.717) is 28.5 Å². The highest BCUT2D eigenvalue weighted by Gasteiger charge is 2.21. The Morgan fingerprint density at radius 2 is 0.964 bits per heavy atom. The molecule has 0 unspecified atom stereocenters. The van der Waals surface area contributed by atoms with Crippen molar-refractivity contribution in [3.8, 4) is 62.1 Å². The summed E-state index contributed by atoms with van der Waals surface area (Å²) in [6.07, 6.45) is 0. The molecule has 0 bridgehead atoms. The quantitative estimate of drug-likeness (QED) is 0.171. The molecule has 11 aromatic rings. The van der Waals surface area contributed by atoms with E-state index in [2.05, 4.69) is 18.2 Å². The fourth-order valence-corrected chi connectivity index (χ4v) is 7.50. The summed E-state index contributed by atoms with van der Waals surface area (Å²) in [5.74, 6) is 0.989. The summed E-state index contributed by atoms with van der Waals surface area (Å²) >= 11 is 0. The van der Waals surface area contributed by atoms with E-state index in [1.165, 1.54) is 4.57 Å². The molecular formula is C51H32N4O. The lowest BCUT2D eigenvalue weighted by Gasteiger charge is -2.16. The average Bonchev–Trinajstić information content (AvgIpc) is 3.91. The van der Waals surface area contributed by atoms with E-state index in [0.717, 1.165) is 49.7 Å². The van der Waals surface area contributed by atoms with E-state index in [4.69, 9.17) is 27.6 Å². The maximum absolute atomic E-state index is 9.26. The molecule has 5 heteroatoms. The fraction of sp³-hybridized carbons (Fsp3) is 0. The first-order valence-corrected chi connectivity index (χ1v) is 18.1. The second-order valence-corrected chi connectivity index (χ2v) is 13.4. The van der Waals surface area contributed by atoms with Crippen LogP contribution in [-0.2, 0) is 0 Å². The van der Waals surface area contributed by atoms with Gasteiger partial charge >= 0.3 is 0 Å². The summed E-state index contributed by atoms with van der Waals surface area (Å²) in [4.78, 5) is 15.1. The van der Waals surface area contributed by atoms with Crippen molar-refractivity contribution in [2.75, 3.05) is 0 Å². The molecule has 0 atom stereocenters. The molecule has 0 spiro atoms. The molecule has 5 nitrogen and oxygen atoms in total. The van der Waals surface area contributed by atoms with Crippen LogP contribution in [0.3, 0.4) is 0 Å². The Balaban J connectivity index is 1.24. The Morgan fingerprint density at radius 3 is 1.61 bits per heavy atom. The van der Waals surface area contributed by atoms with Gasteiger partial charge in [0, 0.05) is 43.8 Å². The van der Waals surface area contributed by atoms with Crippen LogP contribution in [0.5, 0.6) is 0 Å². The van der Waals surface area contributed by atoms with Crippen molar-refractivity contribution in [3.05, 3.63) is 194 Å².